The first-order valence-electron chi connectivity index (χ1n) is 21.9. The largest absolute Gasteiger partial charge is 0.355 e. The molecule has 0 fully saturated rings. The zero-order chi connectivity index (χ0) is 44.1. The fourth-order valence-corrected chi connectivity index (χ4v) is 9.67. The van der Waals surface area contributed by atoms with E-state index in [-0.39, 0.29) is 0 Å². The van der Waals surface area contributed by atoms with Crippen LogP contribution in [0.2, 0.25) is 0 Å². The molecule has 0 aliphatic carbocycles. The number of anilines is 8. The highest BCUT2D eigenvalue weighted by atomic mass is 15.2. The van der Waals surface area contributed by atoms with Crippen molar-refractivity contribution in [3.05, 3.63) is 230 Å². The minimum absolute atomic E-state index is 0.602. The SMILES string of the molecule is N#Cc1ccc(N(c2ccc(Nc3ccccc3)c(-c3ccccc3)c2)c2ccc3ccc4c(N(c5ccc(C#N)cc5)c5ccc6[nH]c7ccccc7c6c5)ccc5ccc2c3c54)cc1. The van der Waals surface area contributed by atoms with Gasteiger partial charge in [-0.1, -0.05) is 103 Å². The lowest BCUT2D eigenvalue weighted by molar-refractivity contribution is 1.29. The second-order valence-electron chi connectivity index (χ2n) is 16.6. The molecule has 0 bridgehead atoms. The van der Waals surface area contributed by atoms with Crippen LogP contribution >= 0.6 is 0 Å². The molecule has 66 heavy (non-hydrogen) atoms. The van der Waals surface area contributed by atoms with Crippen LogP contribution in [0, 0.1) is 22.7 Å². The molecule has 1 aromatic heterocycles. The Morgan fingerprint density at radius 1 is 0.394 bits per heavy atom. The van der Waals surface area contributed by atoms with Crippen molar-refractivity contribution in [1.82, 2.24) is 4.98 Å². The first-order chi connectivity index (χ1) is 32.6. The zero-order valence-corrected chi connectivity index (χ0v) is 35.6. The van der Waals surface area contributed by atoms with Gasteiger partial charge in [-0.3, -0.25) is 0 Å². The van der Waals surface area contributed by atoms with Gasteiger partial charge in [0.15, 0.2) is 0 Å². The van der Waals surface area contributed by atoms with Gasteiger partial charge in [-0.15, -0.1) is 0 Å². The Balaban J connectivity index is 1.08. The third-order valence-corrected chi connectivity index (χ3v) is 12.8. The number of aromatic amines is 1. The molecule has 0 unspecified atom stereocenters. The maximum absolute atomic E-state index is 9.83. The van der Waals surface area contributed by atoms with Gasteiger partial charge in [0.2, 0.25) is 0 Å². The molecular formula is C60H38N6. The second kappa shape index (κ2) is 15.8. The predicted octanol–water partition coefficient (Wildman–Crippen LogP) is 16.3. The minimum Gasteiger partial charge on any atom is -0.355 e. The Morgan fingerprint density at radius 2 is 0.894 bits per heavy atom. The average molecular weight is 843 g/mol. The van der Waals surface area contributed by atoms with Gasteiger partial charge >= 0.3 is 0 Å². The predicted molar refractivity (Wildman–Crippen MR) is 273 cm³/mol. The maximum atomic E-state index is 9.83. The Hall–Kier alpha value is -9.36. The van der Waals surface area contributed by atoms with Crippen LogP contribution < -0.4 is 15.1 Å². The summed E-state index contributed by atoms with van der Waals surface area (Å²) in [5.41, 5.74) is 13.5. The first kappa shape index (κ1) is 38.3. The van der Waals surface area contributed by atoms with Crippen LogP contribution in [0.3, 0.4) is 0 Å². The number of nitrogens with zero attached hydrogens (tertiary/aromatic N) is 4. The van der Waals surface area contributed by atoms with E-state index in [2.05, 4.69) is 178 Å². The lowest BCUT2D eigenvalue weighted by atomic mass is 9.91. The quantitative estimate of drug-likeness (QED) is 0.141. The van der Waals surface area contributed by atoms with Crippen molar-refractivity contribution in [2.24, 2.45) is 0 Å². The number of nitrogens with one attached hydrogen (secondary N) is 2. The van der Waals surface area contributed by atoms with Crippen molar-refractivity contribution in [1.29, 1.82) is 10.5 Å². The smallest absolute Gasteiger partial charge is 0.0991 e. The van der Waals surface area contributed by atoms with Gasteiger partial charge < -0.3 is 20.1 Å². The van der Waals surface area contributed by atoms with Gasteiger partial charge in [0.25, 0.3) is 0 Å². The summed E-state index contributed by atoms with van der Waals surface area (Å²) in [6, 6.07) is 80.5. The van der Waals surface area contributed by atoms with Crippen LogP contribution in [0.25, 0.3) is 65.3 Å². The molecule has 11 aromatic carbocycles. The number of H-pyrrole nitrogens is 1. The van der Waals surface area contributed by atoms with Crippen molar-refractivity contribution in [3.8, 4) is 23.3 Å². The molecule has 308 valence electrons. The van der Waals surface area contributed by atoms with Crippen molar-refractivity contribution in [2.75, 3.05) is 15.1 Å². The summed E-state index contributed by atoms with van der Waals surface area (Å²) in [7, 11) is 0. The first-order valence-corrected chi connectivity index (χ1v) is 21.9. The molecule has 0 radical (unpaired) electrons. The van der Waals surface area contributed by atoms with Gasteiger partial charge in [-0.25, -0.2) is 0 Å². The van der Waals surface area contributed by atoms with E-state index in [1.165, 1.54) is 16.2 Å². The van der Waals surface area contributed by atoms with Crippen molar-refractivity contribution >= 4 is 99.6 Å². The van der Waals surface area contributed by atoms with Crippen LogP contribution in [-0.4, -0.2) is 4.98 Å². The van der Waals surface area contributed by atoms with Gasteiger partial charge in [-0.2, -0.15) is 10.5 Å². The van der Waals surface area contributed by atoms with E-state index in [1.54, 1.807) is 0 Å². The van der Waals surface area contributed by atoms with Crippen LogP contribution in [0.5, 0.6) is 0 Å². The van der Waals surface area contributed by atoms with E-state index in [4.69, 9.17) is 0 Å². The standard InChI is InChI=1S/C60H38N6/c61-37-39-15-23-45(24-16-39)65(47-27-31-55(63-44-11-5-2-6-12-44)52(35-47)41-9-3-1-4-10-41)57-33-21-42-20-30-51-58(34-22-43-19-29-50(57)59(42)60(43)51)66(46-25-17-40(38-62)18-26-46)48-28-32-56-53(36-48)49-13-7-8-14-54(49)64-56/h1-36,63-64H. The summed E-state index contributed by atoms with van der Waals surface area (Å²) in [4.78, 5) is 8.22. The Kier molecular flexibility index (Phi) is 9.16. The number of rotatable bonds is 9. The molecule has 0 spiro atoms. The number of hydrogen-bond acceptors (Lipinski definition) is 5. The number of aromatic nitrogens is 1. The molecule has 12 rings (SSSR count). The normalized spacial score (nSPS) is 11.3. The lowest BCUT2D eigenvalue weighted by Gasteiger charge is -2.30. The molecule has 0 aliphatic rings. The molecule has 0 saturated carbocycles. The molecule has 6 heteroatoms. The van der Waals surface area contributed by atoms with Crippen molar-refractivity contribution in [3.63, 3.8) is 0 Å². The summed E-state index contributed by atoms with van der Waals surface area (Å²) in [5.74, 6) is 0. The van der Waals surface area contributed by atoms with Gasteiger partial charge in [0, 0.05) is 72.3 Å². The summed E-state index contributed by atoms with van der Waals surface area (Å²) >= 11 is 0. The summed E-state index contributed by atoms with van der Waals surface area (Å²) < 4.78 is 0. The van der Waals surface area contributed by atoms with Crippen molar-refractivity contribution < 1.29 is 0 Å². The van der Waals surface area contributed by atoms with E-state index in [1.807, 2.05) is 72.8 Å². The van der Waals surface area contributed by atoms with Crippen LogP contribution in [0.4, 0.5) is 45.5 Å². The molecule has 0 amide bonds. The maximum Gasteiger partial charge on any atom is 0.0991 e. The summed E-state index contributed by atoms with van der Waals surface area (Å²) in [5, 5.41) is 32.4. The topological polar surface area (TPSA) is 81.9 Å². The molecule has 1 heterocycles. The van der Waals surface area contributed by atoms with Crippen LogP contribution in [-0.2, 0) is 0 Å². The lowest BCUT2D eigenvalue weighted by Crippen LogP contribution is -2.12. The second-order valence-corrected chi connectivity index (χ2v) is 16.6. The van der Waals surface area contributed by atoms with Crippen molar-refractivity contribution in [2.45, 2.75) is 0 Å². The van der Waals surface area contributed by atoms with Gasteiger partial charge in [-0.05, 0) is 142 Å². The van der Waals surface area contributed by atoms with E-state index in [0.29, 0.717) is 11.1 Å². The van der Waals surface area contributed by atoms with Crippen LogP contribution in [0.1, 0.15) is 11.1 Å². The molecule has 6 nitrogen and oxygen atoms in total. The molecule has 0 atom stereocenters. The molecule has 12 aromatic rings. The van der Waals surface area contributed by atoms with Crippen LogP contribution in [0.15, 0.2) is 218 Å². The number of nitriles is 2. The van der Waals surface area contributed by atoms with E-state index >= 15 is 0 Å². The summed E-state index contributed by atoms with van der Waals surface area (Å²) in [6.45, 7) is 0. The zero-order valence-electron chi connectivity index (χ0n) is 35.6. The highest BCUT2D eigenvalue weighted by Gasteiger charge is 2.23. The summed E-state index contributed by atoms with van der Waals surface area (Å²) in [6.07, 6.45) is 0. The minimum atomic E-state index is 0.602. The fraction of sp³-hybridized carbons (Fsp3) is 0. The monoisotopic (exact) mass is 842 g/mol. The Bertz CT molecular complexity index is 3860. The number of para-hydroxylation sites is 2. The fourth-order valence-electron chi connectivity index (χ4n) is 9.67. The molecule has 2 N–H and O–H groups in total. The molecular weight excluding hydrogens is 805 g/mol. The Morgan fingerprint density at radius 3 is 1.50 bits per heavy atom. The molecule has 0 saturated heterocycles. The van der Waals surface area contributed by atoms with E-state index in [9.17, 15) is 10.5 Å². The third kappa shape index (κ3) is 6.49. The number of fused-ring (bicyclic) bond motifs is 3. The number of benzene rings is 11. The average Bonchev–Trinajstić information content (AvgIpc) is 3.76. The third-order valence-electron chi connectivity index (χ3n) is 12.8. The highest BCUT2D eigenvalue weighted by molar-refractivity contribution is 6.28. The van der Waals surface area contributed by atoms with E-state index in [0.717, 1.165) is 94.6 Å². The van der Waals surface area contributed by atoms with Gasteiger partial charge in [0.05, 0.1) is 34.6 Å². The number of hydrogen-bond donors (Lipinski definition) is 2. The molecule has 0 aliphatic heterocycles. The van der Waals surface area contributed by atoms with Gasteiger partial charge in [0.1, 0.15) is 0 Å². The Labute approximate surface area is 381 Å². The van der Waals surface area contributed by atoms with E-state index < -0.39 is 0 Å². The highest BCUT2D eigenvalue weighted by Crippen LogP contribution is 2.49.